The van der Waals surface area contributed by atoms with Gasteiger partial charge in [0.15, 0.2) is 0 Å². The minimum absolute atomic E-state index is 0.0393. The molecule has 0 saturated heterocycles. The fourth-order valence-electron chi connectivity index (χ4n) is 1.82. The Morgan fingerprint density at radius 1 is 1.33 bits per heavy atom. The molecule has 2 aromatic rings. The number of anilines is 2. The first-order valence-corrected chi connectivity index (χ1v) is 6.22. The lowest BCUT2D eigenvalue weighted by atomic mass is 10.1. The number of carbonyl (C=O) groups excluding carboxylic acids is 1. The summed E-state index contributed by atoms with van der Waals surface area (Å²) in [7, 11) is 1.62. The molecule has 0 aliphatic rings. The fourth-order valence-corrected chi connectivity index (χ4v) is 1.82. The average Bonchev–Trinajstić information content (AvgIpc) is 2.48. The monoisotopic (exact) mass is 286 g/mol. The van der Waals surface area contributed by atoms with Gasteiger partial charge in [-0.05, 0) is 18.6 Å². The van der Waals surface area contributed by atoms with E-state index in [-0.39, 0.29) is 11.3 Å². The van der Waals surface area contributed by atoms with Crippen molar-refractivity contribution in [1.29, 1.82) is 0 Å². The van der Waals surface area contributed by atoms with Crippen molar-refractivity contribution in [3.8, 4) is 0 Å². The number of hydrogen-bond acceptors (Lipinski definition) is 5. The Kier molecular flexibility index (Phi) is 4.13. The van der Waals surface area contributed by atoms with Gasteiger partial charge in [-0.25, -0.2) is 4.98 Å². The summed E-state index contributed by atoms with van der Waals surface area (Å²) in [6.07, 6.45) is 1.07. The van der Waals surface area contributed by atoms with Crippen LogP contribution in [0.25, 0.3) is 0 Å². The van der Waals surface area contributed by atoms with Crippen molar-refractivity contribution in [3.05, 3.63) is 57.8 Å². The summed E-state index contributed by atoms with van der Waals surface area (Å²) >= 11 is 0. The number of hydrogen-bond donors (Lipinski definition) is 2. The quantitative estimate of drug-likeness (QED) is 0.665. The van der Waals surface area contributed by atoms with Crippen molar-refractivity contribution < 1.29 is 9.72 Å². The first-order valence-electron chi connectivity index (χ1n) is 6.22. The van der Waals surface area contributed by atoms with E-state index in [1.807, 2.05) is 19.1 Å². The van der Waals surface area contributed by atoms with Crippen LogP contribution in [-0.2, 0) is 0 Å². The Balaban J connectivity index is 2.38. The van der Waals surface area contributed by atoms with Gasteiger partial charge in [-0.2, -0.15) is 0 Å². The number of carbonyl (C=O) groups is 1. The number of amides is 1. The number of aromatic nitrogens is 1. The minimum atomic E-state index is -0.626. The lowest BCUT2D eigenvalue weighted by molar-refractivity contribution is -0.385. The first-order chi connectivity index (χ1) is 10.0. The molecule has 108 valence electrons. The zero-order chi connectivity index (χ0) is 15.4. The molecule has 0 aliphatic heterocycles. The van der Waals surface area contributed by atoms with Crippen LogP contribution in [0.1, 0.15) is 15.9 Å². The van der Waals surface area contributed by atoms with Gasteiger partial charge in [-0.15, -0.1) is 0 Å². The summed E-state index contributed by atoms with van der Waals surface area (Å²) in [4.78, 5) is 26.5. The molecular weight excluding hydrogens is 272 g/mol. The third kappa shape index (κ3) is 3.14. The normalized spacial score (nSPS) is 10.0. The van der Waals surface area contributed by atoms with Crippen LogP contribution in [0.5, 0.6) is 0 Å². The largest absolute Gasteiger partial charge is 0.373 e. The van der Waals surface area contributed by atoms with Gasteiger partial charge >= 0.3 is 0 Å². The molecule has 7 nitrogen and oxygen atoms in total. The first kappa shape index (κ1) is 14.4. The van der Waals surface area contributed by atoms with Gasteiger partial charge in [0.25, 0.3) is 11.6 Å². The van der Waals surface area contributed by atoms with E-state index in [0.717, 1.165) is 11.8 Å². The van der Waals surface area contributed by atoms with E-state index in [1.54, 1.807) is 19.2 Å². The Morgan fingerprint density at radius 3 is 2.67 bits per heavy atom. The van der Waals surface area contributed by atoms with Gasteiger partial charge in [0.05, 0.1) is 4.92 Å². The molecule has 1 amide bonds. The second kappa shape index (κ2) is 6.00. The van der Waals surface area contributed by atoms with Crippen LogP contribution in [-0.4, -0.2) is 22.9 Å². The number of nitrogens with zero attached hydrogens (tertiary/aromatic N) is 2. The third-order valence-electron chi connectivity index (χ3n) is 2.97. The van der Waals surface area contributed by atoms with Crippen LogP contribution < -0.4 is 10.6 Å². The molecule has 21 heavy (non-hydrogen) atoms. The topological polar surface area (TPSA) is 97.2 Å². The molecule has 0 spiro atoms. The number of pyridine rings is 1. The van der Waals surface area contributed by atoms with E-state index < -0.39 is 10.8 Å². The highest BCUT2D eigenvalue weighted by atomic mass is 16.6. The number of rotatable bonds is 4. The Labute approximate surface area is 121 Å². The zero-order valence-corrected chi connectivity index (χ0v) is 11.6. The van der Waals surface area contributed by atoms with Crippen LogP contribution in [0.3, 0.4) is 0 Å². The molecule has 0 radical (unpaired) electrons. The lowest BCUT2D eigenvalue weighted by Gasteiger charge is -2.09. The molecule has 2 rings (SSSR count). The van der Waals surface area contributed by atoms with Crippen LogP contribution in [0.4, 0.5) is 17.2 Å². The zero-order valence-electron chi connectivity index (χ0n) is 11.6. The van der Waals surface area contributed by atoms with Gasteiger partial charge in [-0.3, -0.25) is 14.9 Å². The smallest absolute Gasteiger partial charge is 0.300 e. The van der Waals surface area contributed by atoms with Crippen molar-refractivity contribution in [3.63, 3.8) is 0 Å². The summed E-state index contributed by atoms with van der Waals surface area (Å²) in [6, 6.07) is 8.56. The molecule has 0 saturated carbocycles. The van der Waals surface area contributed by atoms with Crippen LogP contribution in [0, 0.1) is 17.0 Å². The minimum Gasteiger partial charge on any atom is -0.373 e. The van der Waals surface area contributed by atoms with E-state index in [2.05, 4.69) is 15.6 Å². The van der Waals surface area contributed by atoms with Crippen molar-refractivity contribution >= 4 is 23.1 Å². The summed E-state index contributed by atoms with van der Waals surface area (Å²) in [5, 5.41) is 16.4. The number of nitro groups is 1. The fraction of sp³-hybridized carbons (Fsp3) is 0.143. The molecule has 2 N–H and O–H groups in total. The number of para-hydroxylation sites is 1. The Morgan fingerprint density at radius 2 is 2.05 bits per heavy atom. The maximum absolute atomic E-state index is 12.3. The van der Waals surface area contributed by atoms with E-state index in [0.29, 0.717) is 11.5 Å². The van der Waals surface area contributed by atoms with Crippen LogP contribution >= 0.6 is 0 Å². The van der Waals surface area contributed by atoms with Gasteiger partial charge in [0.1, 0.15) is 17.6 Å². The Bertz CT molecular complexity index is 700. The maximum atomic E-state index is 12.3. The summed E-state index contributed by atoms with van der Waals surface area (Å²) in [5.41, 5.74) is 1.11. The second-order valence-electron chi connectivity index (χ2n) is 4.36. The van der Waals surface area contributed by atoms with Gasteiger partial charge in [0, 0.05) is 18.8 Å². The molecule has 1 heterocycles. The highest BCUT2D eigenvalue weighted by molar-refractivity contribution is 6.07. The number of nitrogens with one attached hydrogen (secondary N) is 2. The molecule has 0 unspecified atom stereocenters. The van der Waals surface area contributed by atoms with Crippen molar-refractivity contribution in [2.45, 2.75) is 6.92 Å². The SMILES string of the molecule is CNc1cc(C(=O)Nc2ccccc2C)c([N+](=O)[O-])cn1. The second-order valence-corrected chi connectivity index (χ2v) is 4.36. The van der Waals surface area contributed by atoms with E-state index in [9.17, 15) is 14.9 Å². The molecule has 0 aliphatic carbocycles. The lowest BCUT2D eigenvalue weighted by Crippen LogP contribution is -2.15. The van der Waals surface area contributed by atoms with Crippen molar-refractivity contribution in [2.24, 2.45) is 0 Å². The van der Waals surface area contributed by atoms with Crippen molar-refractivity contribution in [1.82, 2.24) is 4.98 Å². The molecule has 7 heteroatoms. The van der Waals surface area contributed by atoms with E-state index >= 15 is 0 Å². The predicted molar refractivity (Wildman–Crippen MR) is 79.6 cm³/mol. The Hall–Kier alpha value is -2.96. The predicted octanol–water partition coefficient (Wildman–Crippen LogP) is 2.59. The van der Waals surface area contributed by atoms with Gasteiger partial charge < -0.3 is 10.6 Å². The number of aryl methyl sites for hydroxylation is 1. The third-order valence-corrected chi connectivity index (χ3v) is 2.97. The molecule has 0 atom stereocenters. The molecular formula is C14H14N4O3. The molecule has 0 fully saturated rings. The standard InChI is InChI=1S/C14H14N4O3/c1-9-5-3-4-6-11(9)17-14(19)10-7-13(15-2)16-8-12(10)18(20)21/h3-8H,1-2H3,(H,15,16)(H,17,19). The molecule has 1 aromatic carbocycles. The summed E-state index contributed by atoms with van der Waals surface area (Å²) in [6.45, 7) is 1.84. The summed E-state index contributed by atoms with van der Waals surface area (Å²) < 4.78 is 0. The van der Waals surface area contributed by atoms with Crippen LogP contribution in [0.2, 0.25) is 0 Å². The highest BCUT2D eigenvalue weighted by Crippen LogP contribution is 2.22. The van der Waals surface area contributed by atoms with Gasteiger partial charge in [0.2, 0.25) is 0 Å². The van der Waals surface area contributed by atoms with Gasteiger partial charge in [-0.1, -0.05) is 18.2 Å². The molecule has 0 bridgehead atoms. The van der Waals surface area contributed by atoms with E-state index in [1.165, 1.54) is 6.07 Å². The van der Waals surface area contributed by atoms with E-state index in [4.69, 9.17) is 0 Å². The summed E-state index contributed by atoms with van der Waals surface area (Å²) in [5.74, 6) is -0.162. The molecule has 1 aromatic heterocycles. The highest BCUT2D eigenvalue weighted by Gasteiger charge is 2.22. The number of benzene rings is 1. The maximum Gasteiger partial charge on any atom is 0.300 e. The average molecular weight is 286 g/mol. The van der Waals surface area contributed by atoms with Crippen LogP contribution in [0.15, 0.2) is 36.5 Å². The van der Waals surface area contributed by atoms with Crippen molar-refractivity contribution in [2.75, 3.05) is 17.7 Å².